The second-order valence-corrected chi connectivity index (χ2v) is 3.84. The third-order valence-corrected chi connectivity index (χ3v) is 1.80. The molecule has 0 spiro atoms. The first-order chi connectivity index (χ1) is 6.44. The van der Waals surface area contributed by atoms with Gasteiger partial charge < -0.3 is 21.1 Å². The van der Waals surface area contributed by atoms with Gasteiger partial charge in [-0.1, -0.05) is 0 Å². The molecule has 0 aromatic carbocycles. The van der Waals surface area contributed by atoms with E-state index in [1.54, 1.807) is 26.1 Å². The Morgan fingerprint density at radius 1 is 1.71 bits per heavy atom. The lowest BCUT2D eigenvalue weighted by molar-refractivity contribution is 0.0865. The largest absolute Gasteiger partial charge is 0.397 e. The molecule has 1 aromatic rings. The van der Waals surface area contributed by atoms with Crippen LogP contribution < -0.4 is 11.1 Å². The number of aromatic nitrogens is 1. The van der Waals surface area contributed by atoms with E-state index in [9.17, 15) is 4.79 Å². The number of rotatable bonds is 3. The van der Waals surface area contributed by atoms with Crippen LogP contribution in [0.3, 0.4) is 0 Å². The number of hydrogen-bond acceptors (Lipinski definition) is 3. The van der Waals surface area contributed by atoms with E-state index in [-0.39, 0.29) is 12.5 Å². The van der Waals surface area contributed by atoms with Gasteiger partial charge in [0, 0.05) is 11.9 Å². The zero-order valence-electron chi connectivity index (χ0n) is 8.29. The number of nitrogens with one attached hydrogen (secondary N) is 2. The van der Waals surface area contributed by atoms with Crippen LogP contribution in [0.15, 0.2) is 12.3 Å². The predicted octanol–water partition coefficient (Wildman–Crippen LogP) is 0.0976. The van der Waals surface area contributed by atoms with Crippen LogP contribution >= 0.6 is 0 Å². The number of carbonyl (C=O) groups excluding carboxylic acids is 1. The normalized spacial score (nSPS) is 11.4. The summed E-state index contributed by atoms with van der Waals surface area (Å²) in [5, 5.41) is 11.6. The van der Waals surface area contributed by atoms with Gasteiger partial charge >= 0.3 is 0 Å². The number of hydrogen-bond donors (Lipinski definition) is 4. The van der Waals surface area contributed by atoms with E-state index < -0.39 is 5.54 Å². The van der Waals surface area contributed by atoms with E-state index in [4.69, 9.17) is 10.8 Å². The van der Waals surface area contributed by atoms with Gasteiger partial charge in [-0.15, -0.1) is 0 Å². The van der Waals surface area contributed by atoms with Crippen LogP contribution in [0.1, 0.15) is 24.3 Å². The smallest absolute Gasteiger partial charge is 0.268 e. The minimum Gasteiger partial charge on any atom is -0.397 e. The molecule has 5 nitrogen and oxygen atoms in total. The fraction of sp³-hybridized carbons (Fsp3) is 0.444. The minimum atomic E-state index is -0.628. The maximum Gasteiger partial charge on any atom is 0.268 e. The molecule has 1 amide bonds. The average molecular weight is 197 g/mol. The van der Waals surface area contributed by atoms with Crippen molar-refractivity contribution in [2.45, 2.75) is 19.4 Å². The SMILES string of the molecule is CC(C)(CO)NC(=O)c1cc(N)c[nH]1. The Kier molecular flexibility index (Phi) is 2.81. The number of aliphatic hydroxyl groups is 1. The fourth-order valence-corrected chi connectivity index (χ4v) is 0.956. The standard InChI is InChI=1S/C9H15N3O2/c1-9(2,5-13)12-8(14)7-3-6(10)4-11-7/h3-4,11,13H,5,10H2,1-2H3,(H,12,14). The van der Waals surface area contributed by atoms with Crippen LogP contribution in [0.5, 0.6) is 0 Å². The summed E-state index contributed by atoms with van der Waals surface area (Å²) in [6.07, 6.45) is 1.54. The molecule has 0 atom stereocenters. The Balaban J connectivity index is 2.68. The molecule has 0 saturated carbocycles. The first-order valence-corrected chi connectivity index (χ1v) is 4.32. The van der Waals surface area contributed by atoms with Gasteiger partial charge in [0.05, 0.1) is 12.1 Å². The van der Waals surface area contributed by atoms with Crippen LogP contribution in [0.4, 0.5) is 5.69 Å². The van der Waals surface area contributed by atoms with Gasteiger partial charge in [0.25, 0.3) is 5.91 Å². The molecule has 0 unspecified atom stereocenters. The number of H-pyrrole nitrogens is 1. The number of nitrogens with two attached hydrogens (primary N) is 1. The van der Waals surface area contributed by atoms with Crippen molar-refractivity contribution in [2.24, 2.45) is 0 Å². The predicted molar refractivity (Wildman–Crippen MR) is 53.8 cm³/mol. The molecule has 1 rings (SSSR count). The van der Waals surface area contributed by atoms with Gasteiger partial charge in [-0.25, -0.2) is 0 Å². The summed E-state index contributed by atoms with van der Waals surface area (Å²) in [7, 11) is 0. The summed E-state index contributed by atoms with van der Waals surface area (Å²) < 4.78 is 0. The third kappa shape index (κ3) is 2.50. The van der Waals surface area contributed by atoms with Gasteiger partial charge in [-0.2, -0.15) is 0 Å². The first kappa shape index (κ1) is 10.6. The quantitative estimate of drug-likeness (QED) is 0.553. The molecule has 0 fully saturated rings. The van der Waals surface area contributed by atoms with Crippen LogP contribution in [-0.2, 0) is 0 Å². The van der Waals surface area contributed by atoms with E-state index in [2.05, 4.69) is 10.3 Å². The second-order valence-electron chi connectivity index (χ2n) is 3.84. The molecule has 1 aromatic heterocycles. The van der Waals surface area contributed by atoms with Crippen molar-refractivity contribution in [2.75, 3.05) is 12.3 Å². The maximum absolute atomic E-state index is 11.5. The molecule has 0 saturated heterocycles. The van der Waals surface area contributed by atoms with Crippen molar-refractivity contribution in [3.05, 3.63) is 18.0 Å². The van der Waals surface area contributed by atoms with Gasteiger partial charge in [-0.3, -0.25) is 4.79 Å². The molecule has 0 radical (unpaired) electrons. The van der Waals surface area contributed by atoms with Crippen molar-refractivity contribution in [1.82, 2.24) is 10.3 Å². The van der Waals surface area contributed by atoms with Gasteiger partial charge in [-0.05, 0) is 19.9 Å². The van der Waals surface area contributed by atoms with E-state index >= 15 is 0 Å². The topological polar surface area (TPSA) is 91.1 Å². The van der Waals surface area contributed by atoms with Gasteiger partial charge in [0.15, 0.2) is 0 Å². The summed E-state index contributed by atoms with van der Waals surface area (Å²) in [6.45, 7) is 3.35. The molecule has 0 aliphatic rings. The first-order valence-electron chi connectivity index (χ1n) is 4.32. The van der Waals surface area contributed by atoms with Gasteiger partial charge in [0.1, 0.15) is 5.69 Å². The summed E-state index contributed by atoms with van der Waals surface area (Å²) >= 11 is 0. The molecule has 14 heavy (non-hydrogen) atoms. The lowest BCUT2D eigenvalue weighted by Gasteiger charge is -2.22. The van der Waals surface area contributed by atoms with Crippen LogP contribution in [0, 0.1) is 0 Å². The third-order valence-electron chi connectivity index (χ3n) is 1.80. The van der Waals surface area contributed by atoms with Crippen LogP contribution in [0.2, 0.25) is 0 Å². The van der Waals surface area contributed by atoms with Crippen LogP contribution in [0.25, 0.3) is 0 Å². The lowest BCUT2D eigenvalue weighted by atomic mass is 10.1. The van der Waals surface area contributed by atoms with Crippen molar-refractivity contribution < 1.29 is 9.90 Å². The monoisotopic (exact) mass is 197 g/mol. The molecule has 0 aliphatic heterocycles. The summed E-state index contributed by atoms with van der Waals surface area (Å²) in [6, 6.07) is 1.54. The zero-order valence-corrected chi connectivity index (χ0v) is 8.29. The fourth-order valence-electron chi connectivity index (χ4n) is 0.956. The van der Waals surface area contributed by atoms with E-state index in [0.29, 0.717) is 11.4 Å². The molecule has 0 bridgehead atoms. The molecular weight excluding hydrogens is 182 g/mol. The molecular formula is C9H15N3O2. The summed E-state index contributed by atoms with van der Waals surface area (Å²) in [5.74, 6) is -0.277. The zero-order chi connectivity index (χ0) is 10.8. The summed E-state index contributed by atoms with van der Waals surface area (Å²) in [4.78, 5) is 14.3. The average Bonchev–Trinajstić information content (AvgIpc) is 2.51. The highest BCUT2D eigenvalue weighted by Gasteiger charge is 2.20. The van der Waals surface area contributed by atoms with E-state index in [0.717, 1.165) is 0 Å². The summed E-state index contributed by atoms with van der Waals surface area (Å²) in [5.41, 5.74) is 5.73. The number of aliphatic hydroxyl groups excluding tert-OH is 1. The highest BCUT2D eigenvalue weighted by molar-refractivity contribution is 5.93. The Hall–Kier alpha value is -1.49. The lowest BCUT2D eigenvalue weighted by Crippen LogP contribution is -2.46. The van der Waals surface area contributed by atoms with E-state index in [1.165, 1.54) is 0 Å². The number of carbonyl (C=O) groups is 1. The Labute approximate surface area is 82.3 Å². The number of amides is 1. The van der Waals surface area contributed by atoms with E-state index in [1.807, 2.05) is 0 Å². The molecule has 5 heteroatoms. The van der Waals surface area contributed by atoms with Gasteiger partial charge in [0.2, 0.25) is 0 Å². The number of aromatic amines is 1. The van der Waals surface area contributed by atoms with Crippen LogP contribution in [-0.4, -0.2) is 28.1 Å². The molecule has 78 valence electrons. The Morgan fingerprint density at radius 2 is 2.36 bits per heavy atom. The van der Waals surface area contributed by atoms with Crippen molar-refractivity contribution >= 4 is 11.6 Å². The van der Waals surface area contributed by atoms with Crippen molar-refractivity contribution in [1.29, 1.82) is 0 Å². The number of anilines is 1. The molecule has 5 N–H and O–H groups in total. The Morgan fingerprint density at radius 3 is 2.79 bits per heavy atom. The maximum atomic E-state index is 11.5. The van der Waals surface area contributed by atoms with Crippen molar-refractivity contribution in [3.63, 3.8) is 0 Å². The second kappa shape index (κ2) is 3.71. The van der Waals surface area contributed by atoms with Crippen molar-refractivity contribution in [3.8, 4) is 0 Å². The highest BCUT2D eigenvalue weighted by atomic mass is 16.3. The molecule has 1 heterocycles. The minimum absolute atomic E-state index is 0.116. The highest BCUT2D eigenvalue weighted by Crippen LogP contribution is 2.07. The Bertz CT molecular complexity index is 331. The number of nitrogen functional groups attached to an aromatic ring is 1. The molecule has 0 aliphatic carbocycles.